The van der Waals surface area contributed by atoms with Crippen molar-refractivity contribution < 1.29 is 14.3 Å². The van der Waals surface area contributed by atoms with Crippen LogP contribution in [0, 0.1) is 0 Å². The van der Waals surface area contributed by atoms with Gasteiger partial charge in [0.2, 0.25) is 0 Å². The monoisotopic (exact) mass is 424 g/mol. The van der Waals surface area contributed by atoms with Gasteiger partial charge in [0, 0.05) is 44.2 Å². The topological polar surface area (TPSA) is 89.7 Å². The molecule has 1 fully saturated rings. The molecule has 7 nitrogen and oxygen atoms in total. The van der Waals surface area contributed by atoms with Crippen LogP contribution in [-0.2, 0) is 19.9 Å². The Hall–Kier alpha value is -2.64. The van der Waals surface area contributed by atoms with E-state index in [1.165, 1.54) is 0 Å². The number of hydrogen-bond acceptors (Lipinski definition) is 6. The van der Waals surface area contributed by atoms with E-state index in [9.17, 15) is 4.79 Å². The van der Waals surface area contributed by atoms with Crippen molar-refractivity contribution in [2.75, 3.05) is 36.9 Å². The molecule has 1 amide bonds. The first-order valence-corrected chi connectivity index (χ1v) is 11.1. The largest absolute Gasteiger partial charge is 0.399 e. The molecule has 1 atom stereocenters. The van der Waals surface area contributed by atoms with Crippen LogP contribution in [0.25, 0.3) is 0 Å². The zero-order valence-corrected chi connectivity index (χ0v) is 18.3. The summed E-state index contributed by atoms with van der Waals surface area (Å²) < 4.78 is 12.1. The molecule has 2 aliphatic rings. The lowest BCUT2D eigenvalue weighted by Crippen LogP contribution is -2.43. The number of carbonyl (C=O) groups excluding carboxylic acids is 1. The molecule has 0 saturated carbocycles. The zero-order valence-electron chi connectivity index (χ0n) is 18.3. The van der Waals surface area contributed by atoms with Gasteiger partial charge in [0.1, 0.15) is 5.82 Å². The molecular formula is C24H32N4O3. The van der Waals surface area contributed by atoms with Gasteiger partial charge in [-0.2, -0.15) is 0 Å². The van der Waals surface area contributed by atoms with Crippen molar-refractivity contribution in [3.05, 3.63) is 53.7 Å². The molecule has 1 saturated heterocycles. The van der Waals surface area contributed by atoms with E-state index in [2.05, 4.69) is 21.3 Å². The molecule has 31 heavy (non-hydrogen) atoms. The summed E-state index contributed by atoms with van der Waals surface area (Å²) >= 11 is 0. The molecule has 1 aromatic heterocycles. The normalized spacial score (nSPS) is 19.6. The number of hydrogen-bond donors (Lipinski definition) is 2. The number of rotatable bonds is 7. The Labute approximate surface area is 183 Å². The van der Waals surface area contributed by atoms with Crippen LogP contribution in [0.5, 0.6) is 0 Å². The van der Waals surface area contributed by atoms with E-state index in [0.717, 1.165) is 49.3 Å². The summed E-state index contributed by atoms with van der Waals surface area (Å²) in [5.41, 5.74) is 8.32. The summed E-state index contributed by atoms with van der Waals surface area (Å²) in [5.74, 6) is 0.813. The summed E-state index contributed by atoms with van der Waals surface area (Å²) in [4.78, 5) is 19.6. The van der Waals surface area contributed by atoms with Crippen LogP contribution in [0.1, 0.15) is 50.3 Å². The standard InChI is InChI=1S/C24H32N4O3/c1-17(2)30-15-5-11-27-23(29)22-19-6-3-4-7-20(19)24(31-22)9-13-28(14-10-24)21-16-18(25)8-12-26-21/h3-4,6-8,12,16-17,22H,5,9-11,13-15H2,1-2H3,(H2,25,26)(H,27,29)/t22-/m0/s1. The summed E-state index contributed by atoms with van der Waals surface area (Å²) in [7, 11) is 0. The molecule has 7 heteroatoms. The molecular weight excluding hydrogens is 392 g/mol. The highest BCUT2D eigenvalue weighted by atomic mass is 16.5. The third-order valence-corrected chi connectivity index (χ3v) is 6.05. The number of nitrogen functional groups attached to an aromatic ring is 1. The Morgan fingerprint density at radius 1 is 1.32 bits per heavy atom. The number of amides is 1. The van der Waals surface area contributed by atoms with Gasteiger partial charge in [0.25, 0.3) is 5.91 Å². The van der Waals surface area contributed by atoms with E-state index in [-0.39, 0.29) is 12.0 Å². The van der Waals surface area contributed by atoms with Gasteiger partial charge in [-0.1, -0.05) is 24.3 Å². The van der Waals surface area contributed by atoms with E-state index in [1.54, 1.807) is 12.3 Å². The molecule has 4 rings (SSSR count). The van der Waals surface area contributed by atoms with E-state index >= 15 is 0 Å². The zero-order chi connectivity index (χ0) is 21.8. The number of nitrogens with zero attached hydrogens (tertiary/aromatic N) is 2. The molecule has 0 bridgehead atoms. The number of carbonyl (C=O) groups is 1. The Kier molecular flexibility index (Phi) is 6.43. The second-order valence-corrected chi connectivity index (χ2v) is 8.58. The fourth-order valence-corrected chi connectivity index (χ4v) is 4.47. The SMILES string of the molecule is CC(C)OCCCNC(=O)[C@H]1OC2(CCN(c3cc(N)ccn3)CC2)c2ccccc21. The Morgan fingerprint density at radius 3 is 2.84 bits per heavy atom. The summed E-state index contributed by atoms with van der Waals surface area (Å²) in [6.45, 7) is 6.83. The first-order valence-electron chi connectivity index (χ1n) is 11.1. The fourth-order valence-electron chi connectivity index (χ4n) is 4.47. The number of aromatic nitrogens is 1. The number of anilines is 2. The molecule has 3 N–H and O–H groups in total. The summed E-state index contributed by atoms with van der Waals surface area (Å²) in [5, 5.41) is 3.02. The second kappa shape index (κ2) is 9.24. The van der Waals surface area contributed by atoms with E-state index in [0.29, 0.717) is 18.8 Å². The van der Waals surface area contributed by atoms with Crippen molar-refractivity contribution in [1.29, 1.82) is 0 Å². The average Bonchev–Trinajstić information content (AvgIpc) is 3.08. The number of benzene rings is 1. The lowest BCUT2D eigenvalue weighted by molar-refractivity contribution is -0.147. The summed E-state index contributed by atoms with van der Waals surface area (Å²) in [6, 6.07) is 11.8. The molecule has 1 spiro atoms. The number of nitrogens with two attached hydrogens (primary N) is 1. The maximum atomic E-state index is 12.9. The van der Waals surface area contributed by atoms with Gasteiger partial charge in [-0.15, -0.1) is 0 Å². The fraction of sp³-hybridized carbons (Fsp3) is 0.500. The minimum atomic E-state index is -0.570. The number of piperidine rings is 1. The third-order valence-electron chi connectivity index (χ3n) is 6.05. The van der Waals surface area contributed by atoms with Crippen LogP contribution >= 0.6 is 0 Å². The van der Waals surface area contributed by atoms with Gasteiger partial charge in [0.15, 0.2) is 6.10 Å². The maximum Gasteiger partial charge on any atom is 0.253 e. The van der Waals surface area contributed by atoms with Crippen LogP contribution in [0.4, 0.5) is 11.5 Å². The molecule has 0 aliphatic carbocycles. The van der Waals surface area contributed by atoms with Crippen molar-refractivity contribution in [1.82, 2.24) is 10.3 Å². The summed E-state index contributed by atoms with van der Waals surface area (Å²) in [6.07, 6.45) is 3.75. The van der Waals surface area contributed by atoms with Crippen LogP contribution in [0.15, 0.2) is 42.6 Å². The highest BCUT2D eigenvalue weighted by molar-refractivity contribution is 5.83. The first-order chi connectivity index (χ1) is 15.0. The third kappa shape index (κ3) is 4.67. The maximum absolute atomic E-state index is 12.9. The molecule has 2 aliphatic heterocycles. The Balaban J connectivity index is 1.42. The predicted molar refractivity (Wildman–Crippen MR) is 121 cm³/mol. The van der Waals surface area contributed by atoms with Gasteiger partial charge in [0.05, 0.1) is 11.7 Å². The van der Waals surface area contributed by atoms with Crippen LogP contribution in [0.2, 0.25) is 0 Å². The van der Waals surface area contributed by atoms with Crippen molar-refractivity contribution in [3.8, 4) is 0 Å². The minimum absolute atomic E-state index is 0.0752. The first kappa shape index (κ1) is 21.6. The van der Waals surface area contributed by atoms with Crippen LogP contribution in [-0.4, -0.2) is 43.2 Å². The number of pyridine rings is 1. The minimum Gasteiger partial charge on any atom is -0.399 e. The van der Waals surface area contributed by atoms with Gasteiger partial charge >= 0.3 is 0 Å². The molecule has 1 aromatic carbocycles. The quantitative estimate of drug-likeness (QED) is 0.664. The lowest BCUT2D eigenvalue weighted by Gasteiger charge is -2.40. The molecule has 0 unspecified atom stereocenters. The highest BCUT2D eigenvalue weighted by Crippen LogP contribution is 2.49. The number of fused-ring (bicyclic) bond motifs is 2. The molecule has 2 aromatic rings. The smallest absolute Gasteiger partial charge is 0.253 e. The average molecular weight is 425 g/mol. The number of ether oxygens (including phenoxy) is 2. The van der Waals surface area contributed by atoms with Crippen LogP contribution in [0.3, 0.4) is 0 Å². The second-order valence-electron chi connectivity index (χ2n) is 8.58. The molecule has 3 heterocycles. The van der Waals surface area contributed by atoms with Gasteiger partial charge in [-0.3, -0.25) is 4.79 Å². The van der Waals surface area contributed by atoms with Crippen molar-refractivity contribution in [2.45, 2.75) is 50.9 Å². The van der Waals surface area contributed by atoms with Crippen LogP contribution < -0.4 is 16.0 Å². The molecule has 0 radical (unpaired) electrons. The Bertz CT molecular complexity index is 909. The van der Waals surface area contributed by atoms with Gasteiger partial charge in [-0.25, -0.2) is 4.98 Å². The number of nitrogens with one attached hydrogen (secondary N) is 1. The van der Waals surface area contributed by atoms with E-state index < -0.39 is 11.7 Å². The predicted octanol–water partition coefficient (Wildman–Crippen LogP) is 3.16. The van der Waals surface area contributed by atoms with E-state index in [4.69, 9.17) is 15.2 Å². The van der Waals surface area contributed by atoms with Gasteiger partial charge < -0.3 is 25.4 Å². The van der Waals surface area contributed by atoms with Gasteiger partial charge in [-0.05, 0) is 50.3 Å². The van der Waals surface area contributed by atoms with E-state index in [1.807, 2.05) is 38.1 Å². The lowest BCUT2D eigenvalue weighted by atomic mass is 9.83. The Morgan fingerprint density at radius 2 is 2.10 bits per heavy atom. The molecule has 166 valence electrons. The van der Waals surface area contributed by atoms with Crippen molar-refractivity contribution >= 4 is 17.4 Å². The van der Waals surface area contributed by atoms with Crippen molar-refractivity contribution in [3.63, 3.8) is 0 Å². The highest BCUT2D eigenvalue weighted by Gasteiger charge is 2.48. The van der Waals surface area contributed by atoms with Crippen molar-refractivity contribution in [2.24, 2.45) is 0 Å².